The summed E-state index contributed by atoms with van der Waals surface area (Å²) in [5.41, 5.74) is 1.04. The zero-order valence-corrected chi connectivity index (χ0v) is 9.66. The lowest BCUT2D eigenvalue weighted by molar-refractivity contribution is 0.180. The first-order chi connectivity index (χ1) is 6.88. The molecule has 2 nitrogen and oxygen atoms in total. The molecule has 0 amide bonds. The molecule has 1 heterocycles. The van der Waals surface area contributed by atoms with Crippen molar-refractivity contribution in [3.63, 3.8) is 0 Å². The van der Waals surface area contributed by atoms with Crippen LogP contribution in [0.5, 0.6) is 5.75 Å². The summed E-state index contributed by atoms with van der Waals surface area (Å²) in [5, 5.41) is 0.801. The molecule has 0 aromatic carbocycles. The van der Waals surface area contributed by atoms with Gasteiger partial charge in [0, 0.05) is 5.33 Å². The third-order valence-corrected chi connectivity index (χ3v) is 3.22. The average molecular weight is 256 g/mol. The standard InChI is InChI=1S/C11H14BrNO/c12-6-10-4-5-11(7-13-10)14-8-9-2-1-3-9/h4-5,7,9H,1-3,6,8H2. The smallest absolute Gasteiger partial charge is 0.137 e. The summed E-state index contributed by atoms with van der Waals surface area (Å²) in [6, 6.07) is 3.98. The SMILES string of the molecule is BrCc1ccc(OCC2CCC2)cn1. The van der Waals surface area contributed by atoms with Crippen LogP contribution >= 0.6 is 15.9 Å². The lowest BCUT2D eigenvalue weighted by Gasteiger charge is -2.24. The molecule has 1 saturated carbocycles. The van der Waals surface area contributed by atoms with Crippen molar-refractivity contribution in [2.75, 3.05) is 6.61 Å². The van der Waals surface area contributed by atoms with Crippen LogP contribution in [-0.4, -0.2) is 11.6 Å². The first kappa shape index (κ1) is 9.97. The second-order valence-corrected chi connectivity index (χ2v) is 4.29. The Bertz CT molecular complexity index is 282. The van der Waals surface area contributed by atoms with E-state index in [1.807, 2.05) is 12.1 Å². The Morgan fingerprint density at radius 3 is 2.79 bits per heavy atom. The Kier molecular flexibility index (Phi) is 3.40. The van der Waals surface area contributed by atoms with Gasteiger partial charge in [-0.1, -0.05) is 22.4 Å². The molecule has 1 aliphatic rings. The highest BCUT2D eigenvalue weighted by molar-refractivity contribution is 9.08. The van der Waals surface area contributed by atoms with Crippen LogP contribution in [0.3, 0.4) is 0 Å². The number of nitrogens with zero attached hydrogens (tertiary/aromatic N) is 1. The van der Waals surface area contributed by atoms with Gasteiger partial charge in [0.25, 0.3) is 0 Å². The first-order valence-electron chi connectivity index (χ1n) is 5.02. The van der Waals surface area contributed by atoms with E-state index in [2.05, 4.69) is 20.9 Å². The van der Waals surface area contributed by atoms with Gasteiger partial charge in [-0.15, -0.1) is 0 Å². The maximum Gasteiger partial charge on any atom is 0.137 e. The van der Waals surface area contributed by atoms with Crippen LogP contribution in [-0.2, 0) is 5.33 Å². The van der Waals surface area contributed by atoms with Crippen LogP contribution in [0.1, 0.15) is 25.0 Å². The molecular formula is C11H14BrNO. The van der Waals surface area contributed by atoms with Crippen molar-refractivity contribution < 1.29 is 4.74 Å². The van der Waals surface area contributed by atoms with E-state index in [9.17, 15) is 0 Å². The molecule has 76 valence electrons. The molecule has 0 radical (unpaired) electrons. The number of hydrogen-bond acceptors (Lipinski definition) is 2. The second kappa shape index (κ2) is 4.78. The van der Waals surface area contributed by atoms with Gasteiger partial charge in [-0.25, -0.2) is 0 Å². The van der Waals surface area contributed by atoms with Gasteiger partial charge in [0.15, 0.2) is 0 Å². The highest BCUT2D eigenvalue weighted by atomic mass is 79.9. The van der Waals surface area contributed by atoms with E-state index < -0.39 is 0 Å². The molecule has 1 aromatic rings. The molecule has 0 unspecified atom stereocenters. The highest BCUT2D eigenvalue weighted by Gasteiger charge is 2.17. The number of ether oxygens (including phenoxy) is 1. The summed E-state index contributed by atoms with van der Waals surface area (Å²) in [6.07, 6.45) is 5.82. The second-order valence-electron chi connectivity index (χ2n) is 3.73. The zero-order valence-electron chi connectivity index (χ0n) is 8.08. The molecule has 1 aliphatic carbocycles. The fourth-order valence-electron chi connectivity index (χ4n) is 1.45. The van der Waals surface area contributed by atoms with E-state index in [0.717, 1.165) is 29.3 Å². The summed E-state index contributed by atoms with van der Waals surface area (Å²) < 4.78 is 5.63. The average Bonchev–Trinajstić information content (AvgIpc) is 2.16. The minimum Gasteiger partial charge on any atom is -0.492 e. The van der Waals surface area contributed by atoms with Gasteiger partial charge >= 0.3 is 0 Å². The molecule has 0 bridgehead atoms. The molecule has 0 aliphatic heterocycles. The van der Waals surface area contributed by atoms with Crippen molar-refractivity contribution >= 4 is 15.9 Å². The van der Waals surface area contributed by atoms with Crippen molar-refractivity contribution in [1.29, 1.82) is 0 Å². The number of alkyl halides is 1. The van der Waals surface area contributed by atoms with Crippen molar-refractivity contribution in [2.45, 2.75) is 24.6 Å². The van der Waals surface area contributed by atoms with Crippen molar-refractivity contribution in [3.8, 4) is 5.75 Å². The predicted molar refractivity (Wildman–Crippen MR) is 59.7 cm³/mol. The molecule has 0 spiro atoms. The summed E-state index contributed by atoms with van der Waals surface area (Å²) in [7, 11) is 0. The molecule has 1 aromatic heterocycles. The first-order valence-corrected chi connectivity index (χ1v) is 6.14. The molecule has 2 rings (SSSR count). The van der Waals surface area contributed by atoms with E-state index in [0.29, 0.717) is 0 Å². The van der Waals surface area contributed by atoms with E-state index in [1.54, 1.807) is 6.20 Å². The van der Waals surface area contributed by atoms with Crippen molar-refractivity contribution in [3.05, 3.63) is 24.0 Å². The van der Waals surface area contributed by atoms with Gasteiger partial charge in [-0.3, -0.25) is 4.98 Å². The van der Waals surface area contributed by atoms with Gasteiger partial charge in [0.05, 0.1) is 18.5 Å². The van der Waals surface area contributed by atoms with Crippen LogP contribution in [0.25, 0.3) is 0 Å². The summed E-state index contributed by atoms with van der Waals surface area (Å²) in [4.78, 5) is 4.25. The van der Waals surface area contributed by atoms with Gasteiger partial charge in [0.1, 0.15) is 5.75 Å². The van der Waals surface area contributed by atoms with E-state index in [-0.39, 0.29) is 0 Å². The third kappa shape index (κ3) is 2.47. The Morgan fingerprint density at radius 2 is 2.29 bits per heavy atom. The van der Waals surface area contributed by atoms with Gasteiger partial charge in [-0.05, 0) is 30.9 Å². The topological polar surface area (TPSA) is 22.1 Å². The molecular weight excluding hydrogens is 242 g/mol. The Balaban J connectivity index is 1.83. The van der Waals surface area contributed by atoms with Gasteiger partial charge in [-0.2, -0.15) is 0 Å². The van der Waals surface area contributed by atoms with Crippen LogP contribution in [0.15, 0.2) is 18.3 Å². The Hall–Kier alpha value is -0.570. The minimum atomic E-state index is 0.783. The van der Waals surface area contributed by atoms with Crippen molar-refractivity contribution in [2.24, 2.45) is 5.92 Å². The van der Waals surface area contributed by atoms with Crippen molar-refractivity contribution in [1.82, 2.24) is 4.98 Å². The highest BCUT2D eigenvalue weighted by Crippen LogP contribution is 2.26. The number of halogens is 1. The largest absolute Gasteiger partial charge is 0.492 e. The lowest BCUT2D eigenvalue weighted by atomic mass is 9.86. The Morgan fingerprint density at radius 1 is 1.43 bits per heavy atom. The molecule has 0 N–H and O–H groups in total. The van der Waals surface area contributed by atoms with E-state index in [4.69, 9.17) is 4.74 Å². The normalized spacial score (nSPS) is 16.4. The summed E-state index contributed by atoms with van der Waals surface area (Å²) in [6.45, 7) is 0.856. The minimum absolute atomic E-state index is 0.783. The molecule has 1 fully saturated rings. The lowest BCUT2D eigenvalue weighted by Crippen LogP contribution is -2.19. The molecule has 14 heavy (non-hydrogen) atoms. The van der Waals surface area contributed by atoms with E-state index >= 15 is 0 Å². The van der Waals surface area contributed by atoms with Crippen LogP contribution in [0.2, 0.25) is 0 Å². The number of rotatable bonds is 4. The summed E-state index contributed by atoms with van der Waals surface area (Å²) >= 11 is 3.36. The molecule has 3 heteroatoms. The predicted octanol–water partition coefficient (Wildman–Crippen LogP) is 3.16. The monoisotopic (exact) mass is 255 g/mol. The summed E-state index contributed by atoms with van der Waals surface area (Å²) in [5.74, 6) is 1.67. The fraction of sp³-hybridized carbons (Fsp3) is 0.545. The number of pyridine rings is 1. The maximum absolute atomic E-state index is 5.63. The van der Waals surface area contributed by atoms with Crippen LogP contribution in [0, 0.1) is 5.92 Å². The Labute approximate surface area is 92.8 Å². The number of aromatic nitrogens is 1. The number of hydrogen-bond donors (Lipinski definition) is 0. The van der Waals surface area contributed by atoms with Gasteiger partial charge < -0.3 is 4.74 Å². The fourth-order valence-corrected chi connectivity index (χ4v) is 1.78. The molecule has 0 atom stereocenters. The third-order valence-electron chi connectivity index (χ3n) is 2.64. The van der Waals surface area contributed by atoms with Gasteiger partial charge in [0.2, 0.25) is 0 Å². The van der Waals surface area contributed by atoms with E-state index in [1.165, 1.54) is 19.3 Å². The quantitative estimate of drug-likeness (QED) is 0.772. The molecule has 0 saturated heterocycles. The van der Waals surface area contributed by atoms with Crippen LogP contribution < -0.4 is 4.74 Å². The zero-order chi connectivity index (χ0) is 9.80. The van der Waals surface area contributed by atoms with Crippen LogP contribution in [0.4, 0.5) is 0 Å². The maximum atomic E-state index is 5.63.